The van der Waals surface area contributed by atoms with Gasteiger partial charge in [0.2, 0.25) is 0 Å². The Labute approximate surface area is 90.5 Å². The van der Waals surface area contributed by atoms with Gasteiger partial charge in [0.15, 0.2) is 0 Å². The molecule has 0 saturated heterocycles. The molecule has 5 heteroatoms. The first-order valence-electron chi connectivity index (χ1n) is 4.22. The van der Waals surface area contributed by atoms with Crippen molar-refractivity contribution >= 4 is 34.3 Å². The number of rotatable bonds is 1. The quantitative estimate of drug-likeness (QED) is 0.729. The molecule has 0 aliphatic rings. The van der Waals surface area contributed by atoms with E-state index in [0.717, 1.165) is 5.39 Å². The maximum atomic E-state index is 10.5. The summed E-state index contributed by atoms with van der Waals surface area (Å²) in [6.45, 7) is 0. The number of benzene rings is 1. The summed E-state index contributed by atoms with van der Waals surface area (Å²) in [5.41, 5.74) is 0.981. The van der Waals surface area contributed by atoms with E-state index in [4.69, 9.17) is 16.7 Å². The van der Waals surface area contributed by atoms with Gasteiger partial charge in [-0.25, -0.2) is 9.78 Å². The zero-order chi connectivity index (χ0) is 10.8. The number of hydrogen-bond acceptors (Lipinski definition) is 2. The van der Waals surface area contributed by atoms with Crippen molar-refractivity contribution in [2.75, 3.05) is 5.32 Å². The Kier molecular flexibility index (Phi) is 2.43. The van der Waals surface area contributed by atoms with E-state index in [2.05, 4.69) is 10.3 Å². The Hall–Kier alpha value is -1.81. The fourth-order valence-electron chi connectivity index (χ4n) is 1.34. The van der Waals surface area contributed by atoms with Gasteiger partial charge >= 0.3 is 6.09 Å². The largest absolute Gasteiger partial charge is 0.465 e. The number of anilines is 1. The highest BCUT2D eigenvalue weighted by Gasteiger charge is 2.05. The van der Waals surface area contributed by atoms with E-state index in [0.29, 0.717) is 16.4 Å². The van der Waals surface area contributed by atoms with Crippen LogP contribution in [-0.4, -0.2) is 16.2 Å². The molecule has 0 spiro atoms. The van der Waals surface area contributed by atoms with Crippen molar-refractivity contribution in [3.05, 3.63) is 35.5 Å². The molecule has 76 valence electrons. The van der Waals surface area contributed by atoms with Gasteiger partial charge in [-0.3, -0.25) is 5.32 Å². The van der Waals surface area contributed by atoms with E-state index < -0.39 is 6.09 Å². The van der Waals surface area contributed by atoms with Crippen molar-refractivity contribution in [1.82, 2.24) is 4.98 Å². The predicted molar refractivity (Wildman–Crippen MR) is 58.4 cm³/mol. The molecule has 0 fully saturated rings. The molecule has 0 radical (unpaired) electrons. The second-order valence-electron chi connectivity index (χ2n) is 2.94. The second kappa shape index (κ2) is 3.74. The fraction of sp³-hybridized carbons (Fsp3) is 0. The smallest absolute Gasteiger partial charge is 0.409 e. The first-order chi connectivity index (χ1) is 7.16. The molecule has 0 unspecified atom stereocenters. The minimum atomic E-state index is -1.12. The fourth-order valence-corrected chi connectivity index (χ4v) is 1.49. The van der Waals surface area contributed by atoms with Gasteiger partial charge < -0.3 is 5.11 Å². The number of nitrogens with zero attached hydrogens (tertiary/aromatic N) is 1. The summed E-state index contributed by atoms with van der Waals surface area (Å²) in [5.74, 6) is 0. The third-order valence-corrected chi connectivity index (χ3v) is 2.14. The van der Waals surface area contributed by atoms with Crippen molar-refractivity contribution in [3.63, 3.8) is 0 Å². The number of pyridine rings is 1. The van der Waals surface area contributed by atoms with Crippen LogP contribution in [0.4, 0.5) is 10.5 Å². The lowest BCUT2D eigenvalue weighted by atomic mass is 10.2. The van der Waals surface area contributed by atoms with Crippen LogP contribution in [0, 0.1) is 0 Å². The normalized spacial score (nSPS) is 10.2. The molecule has 2 N–H and O–H groups in total. The first-order valence-corrected chi connectivity index (χ1v) is 4.60. The molecule has 0 aliphatic heterocycles. The number of aromatic nitrogens is 1. The van der Waals surface area contributed by atoms with E-state index in [1.807, 2.05) is 6.07 Å². The van der Waals surface area contributed by atoms with Crippen LogP contribution in [-0.2, 0) is 0 Å². The minimum Gasteiger partial charge on any atom is -0.465 e. The third-order valence-electron chi connectivity index (χ3n) is 1.93. The number of nitrogens with one attached hydrogen (secondary N) is 1. The Morgan fingerprint density at radius 2 is 2.13 bits per heavy atom. The Morgan fingerprint density at radius 3 is 2.87 bits per heavy atom. The van der Waals surface area contributed by atoms with Crippen LogP contribution >= 0.6 is 11.6 Å². The molecule has 0 atom stereocenters. The lowest BCUT2D eigenvalue weighted by Gasteiger charge is -2.04. The summed E-state index contributed by atoms with van der Waals surface area (Å²) in [6, 6.07) is 8.68. The van der Waals surface area contributed by atoms with Crippen LogP contribution in [0.1, 0.15) is 0 Å². The molecule has 2 aromatic rings. The molecule has 1 aromatic carbocycles. The van der Waals surface area contributed by atoms with E-state index in [-0.39, 0.29) is 0 Å². The molecule has 0 saturated carbocycles. The van der Waals surface area contributed by atoms with Crippen LogP contribution in [0.2, 0.25) is 5.15 Å². The SMILES string of the molecule is O=C(O)Nc1cccc2ccc(Cl)nc12. The molecule has 1 amide bonds. The molecule has 2 rings (SSSR count). The molecule has 1 heterocycles. The maximum Gasteiger partial charge on any atom is 0.409 e. The van der Waals surface area contributed by atoms with Crippen LogP contribution in [0.5, 0.6) is 0 Å². The average molecular weight is 223 g/mol. The van der Waals surface area contributed by atoms with Gasteiger partial charge in [-0.05, 0) is 18.2 Å². The molecular formula is C10H7ClN2O2. The van der Waals surface area contributed by atoms with Crippen molar-refractivity contribution in [1.29, 1.82) is 0 Å². The summed E-state index contributed by atoms with van der Waals surface area (Å²) in [5, 5.41) is 12.1. The highest BCUT2D eigenvalue weighted by atomic mass is 35.5. The van der Waals surface area contributed by atoms with Crippen molar-refractivity contribution in [3.8, 4) is 0 Å². The number of carboxylic acid groups (broad SMARTS) is 1. The third kappa shape index (κ3) is 1.99. The van der Waals surface area contributed by atoms with E-state index in [9.17, 15) is 4.79 Å². The first kappa shape index (κ1) is 9.73. The Balaban J connectivity index is 2.63. The zero-order valence-electron chi connectivity index (χ0n) is 7.57. The monoisotopic (exact) mass is 222 g/mol. The summed E-state index contributed by atoms with van der Waals surface area (Å²) < 4.78 is 0. The van der Waals surface area contributed by atoms with Gasteiger partial charge in [0.05, 0.1) is 11.2 Å². The highest BCUT2D eigenvalue weighted by Crippen LogP contribution is 2.22. The molecule has 15 heavy (non-hydrogen) atoms. The predicted octanol–water partition coefficient (Wildman–Crippen LogP) is 2.98. The van der Waals surface area contributed by atoms with Crippen molar-refractivity contribution in [2.24, 2.45) is 0 Å². The van der Waals surface area contributed by atoms with Crippen LogP contribution in [0.25, 0.3) is 10.9 Å². The Morgan fingerprint density at radius 1 is 1.33 bits per heavy atom. The average Bonchev–Trinajstić information content (AvgIpc) is 2.18. The lowest BCUT2D eigenvalue weighted by Crippen LogP contribution is -2.07. The molecule has 4 nitrogen and oxygen atoms in total. The maximum absolute atomic E-state index is 10.5. The van der Waals surface area contributed by atoms with E-state index >= 15 is 0 Å². The van der Waals surface area contributed by atoms with E-state index in [1.54, 1.807) is 24.3 Å². The standard InChI is InChI=1S/C10H7ClN2O2/c11-8-5-4-6-2-1-3-7(9(6)13-8)12-10(14)15/h1-5,12H,(H,14,15). The van der Waals surface area contributed by atoms with Gasteiger partial charge in [0, 0.05) is 5.39 Å². The number of halogens is 1. The van der Waals surface area contributed by atoms with Crippen LogP contribution < -0.4 is 5.32 Å². The second-order valence-corrected chi connectivity index (χ2v) is 3.33. The summed E-state index contributed by atoms with van der Waals surface area (Å²) >= 11 is 5.74. The van der Waals surface area contributed by atoms with Gasteiger partial charge in [-0.15, -0.1) is 0 Å². The molecular weight excluding hydrogens is 216 g/mol. The number of hydrogen-bond donors (Lipinski definition) is 2. The van der Waals surface area contributed by atoms with Crippen LogP contribution in [0.3, 0.4) is 0 Å². The van der Waals surface area contributed by atoms with E-state index in [1.165, 1.54) is 0 Å². The van der Waals surface area contributed by atoms with Crippen molar-refractivity contribution in [2.45, 2.75) is 0 Å². The molecule has 0 bridgehead atoms. The number of carbonyl (C=O) groups is 1. The number of fused-ring (bicyclic) bond motifs is 1. The summed E-state index contributed by atoms with van der Waals surface area (Å²) in [6.07, 6.45) is -1.12. The topological polar surface area (TPSA) is 62.2 Å². The summed E-state index contributed by atoms with van der Waals surface area (Å²) in [7, 11) is 0. The van der Waals surface area contributed by atoms with Gasteiger partial charge in [-0.2, -0.15) is 0 Å². The molecule has 0 aliphatic carbocycles. The zero-order valence-corrected chi connectivity index (χ0v) is 8.32. The van der Waals surface area contributed by atoms with Gasteiger partial charge in [0.1, 0.15) is 5.15 Å². The van der Waals surface area contributed by atoms with Crippen LogP contribution in [0.15, 0.2) is 30.3 Å². The van der Waals surface area contributed by atoms with Crippen molar-refractivity contribution < 1.29 is 9.90 Å². The number of amides is 1. The lowest BCUT2D eigenvalue weighted by molar-refractivity contribution is 0.210. The van der Waals surface area contributed by atoms with Gasteiger partial charge in [0.25, 0.3) is 0 Å². The Bertz CT molecular complexity index is 528. The highest BCUT2D eigenvalue weighted by molar-refractivity contribution is 6.29. The number of para-hydroxylation sites is 1. The summed E-state index contributed by atoms with van der Waals surface area (Å²) in [4.78, 5) is 14.6. The minimum absolute atomic E-state index is 0.335. The molecule has 1 aromatic heterocycles. The van der Waals surface area contributed by atoms with Gasteiger partial charge in [-0.1, -0.05) is 23.7 Å².